The Morgan fingerprint density at radius 1 is 1.50 bits per heavy atom. The first-order valence-electron chi connectivity index (χ1n) is 7.17. The summed E-state index contributed by atoms with van der Waals surface area (Å²) >= 11 is 0. The van der Waals surface area contributed by atoms with Crippen molar-refractivity contribution >= 4 is 5.91 Å². The molecular weight excluding hydrogens is 250 g/mol. The average Bonchev–Trinajstić information content (AvgIpc) is 2.51. The highest BCUT2D eigenvalue weighted by atomic mass is 16.2. The molecule has 0 saturated heterocycles. The van der Waals surface area contributed by atoms with E-state index in [-0.39, 0.29) is 11.8 Å². The lowest BCUT2D eigenvalue weighted by Crippen LogP contribution is -2.34. The van der Waals surface area contributed by atoms with Crippen LogP contribution in [0.1, 0.15) is 35.3 Å². The van der Waals surface area contributed by atoms with Crippen molar-refractivity contribution in [3.8, 4) is 6.07 Å². The lowest BCUT2D eigenvalue weighted by molar-refractivity contribution is 0.0752. The molecule has 1 atom stereocenters. The second-order valence-corrected chi connectivity index (χ2v) is 5.28. The summed E-state index contributed by atoms with van der Waals surface area (Å²) < 4.78 is 0. The molecule has 1 aromatic carbocycles. The number of amides is 1. The van der Waals surface area contributed by atoms with E-state index in [1.807, 2.05) is 26.0 Å². The van der Waals surface area contributed by atoms with Gasteiger partial charge in [0.1, 0.15) is 0 Å². The first kappa shape index (κ1) is 14.5. The fraction of sp³-hybridized carbons (Fsp3) is 0.500. The molecule has 4 nitrogen and oxygen atoms in total. The Labute approximate surface area is 120 Å². The summed E-state index contributed by atoms with van der Waals surface area (Å²) in [5.41, 5.74) is 3.26. The molecule has 1 heterocycles. The van der Waals surface area contributed by atoms with E-state index in [1.165, 1.54) is 11.1 Å². The van der Waals surface area contributed by atoms with Gasteiger partial charge in [0.2, 0.25) is 0 Å². The summed E-state index contributed by atoms with van der Waals surface area (Å²) in [7, 11) is 0. The Bertz CT molecular complexity index is 533. The predicted molar refractivity (Wildman–Crippen MR) is 78.2 cm³/mol. The fourth-order valence-corrected chi connectivity index (χ4v) is 2.52. The van der Waals surface area contributed by atoms with Crippen molar-refractivity contribution in [2.75, 3.05) is 19.6 Å². The zero-order chi connectivity index (χ0) is 14.5. The summed E-state index contributed by atoms with van der Waals surface area (Å²) in [4.78, 5) is 14.3. The van der Waals surface area contributed by atoms with Crippen LogP contribution >= 0.6 is 0 Å². The van der Waals surface area contributed by atoms with Crippen molar-refractivity contribution in [1.29, 1.82) is 5.26 Å². The highest BCUT2D eigenvalue weighted by molar-refractivity contribution is 5.94. The summed E-state index contributed by atoms with van der Waals surface area (Å²) in [5.74, 6) is -0.124. The Kier molecular flexibility index (Phi) is 4.75. The van der Waals surface area contributed by atoms with Gasteiger partial charge < -0.3 is 10.2 Å². The van der Waals surface area contributed by atoms with Gasteiger partial charge in [0, 0.05) is 25.2 Å². The van der Waals surface area contributed by atoms with Crippen LogP contribution in [-0.4, -0.2) is 30.4 Å². The number of nitrogens with zero attached hydrogens (tertiary/aromatic N) is 2. The van der Waals surface area contributed by atoms with Crippen LogP contribution in [0.4, 0.5) is 0 Å². The monoisotopic (exact) mass is 271 g/mol. The van der Waals surface area contributed by atoms with E-state index in [0.717, 1.165) is 25.1 Å². The Morgan fingerprint density at radius 3 is 3.00 bits per heavy atom. The van der Waals surface area contributed by atoms with E-state index in [0.29, 0.717) is 13.1 Å². The standard InChI is InChI=1S/C16H21N3O/c1-3-19(11-12(2)9-17)16(20)14-5-4-13-6-7-18-10-15(13)8-14/h4-5,8,12,18H,3,6-7,10-11H2,1-2H3. The zero-order valence-corrected chi connectivity index (χ0v) is 12.1. The van der Waals surface area contributed by atoms with Gasteiger partial charge >= 0.3 is 0 Å². The largest absolute Gasteiger partial charge is 0.338 e. The van der Waals surface area contributed by atoms with Crippen LogP contribution in [-0.2, 0) is 13.0 Å². The maximum absolute atomic E-state index is 12.5. The van der Waals surface area contributed by atoms with E-state index in [9.17, 15) is 4.79 Å². The maximum Gasteiger partial charge on any atom is 0.253 e. The minimum Gasteiger partial charge on any atom is -0.338 e. The highest BCUT2D eigenvalue weighted by Gasteiger charge is 2.18. The van der Waals surface area contributed by atoms with Crippen molar-refractivity contribution in [3.05, 3.63) is 34.9 Å². The molecular formula is C16H21N3O. The summed E-state index contributed by atoms with van der Waals surface area (Å²) in [6.07, 6.45) is 1.02. The first-order chi connectivity index (χ1) is 9.65. The second-order valence-electron chi connectivity index (χ2n) is 5.28. The number of nitrogens with one attached hydrogen (secondary N) is 1. The number of nitriles is 1. The molecule has 1 aliphatic rings. The molecule has 0 aliphatic carbocycles. The van der Waals surface area contributed by atoms with Crippen molar-refractivity contribution in [1.82, 2.24) is 10.2 Å². The molecule has 0 spiro atoms. The minimum atomic E-state index is -0.141. The number of carbonyl (C=O) groups excluding carboxylic acids is 1. The van der Waals surface area contributed by atoms with Crippen LogP contribution in [0.25, 0.3) is 0 Å². The Balaban J connectivity index is 2.17. The topological polar surface area (TPSA) is 56.1 Å². The van der Waals surface area contributed by atoms with Gasteiger partial charge in [-0.3, -0.25) is 4.79 Å². The molecule has 1 aromatic rings. The Morgan fingerprint density at radius 2 is 2.30 bits per heavy atom. The van der Waals surface area contributed by atoms with Gasteiger partial charge in [-0.25, -0.2) is 0 Å². The third-order valence-electron chi connectivity index (χ3n) is 3.72. The van der Waals surface area contributed by atoms with Gasteiger partial charge in [0.25, 0.3) is 5.91 Å². The van der Waals surface area contributed by atoms with Crippen LogP contribution in [0.3, 0.4) is 0 Å². The quantitative estimate of drug-likeness (QED) is 0.910. The van der Waals surface area contributed by atoms with Gasteiger partial charge in [-0.15, -0.1) is 0 Å². The third-order valence-corrected chi connectivity index (χ3v) is 3.72. The van der Waals surface area contributed by atoms with Gasteiger partial charge in [-0.05, 0) is 50.1 Å². The minimum absolute atomic E-state index is 0.0166. The first-order valence-corrected chi connectivity index (χ1v) is 7.17. The van der Waals surface area contributed by atoms with E-state index in [1.54, 1.807) is 4.90 Å². The maximum atomic E-state index is 12.5. The fourth-order valence-electron chi connectivity index (χ4n) is 2.52. The zero-order valence-electron chi connectivity index (χ0n) is 12.1. The Hall–Kier alpha value is -1.86. The van der Waals surface area contributed by atoms with Crippen LogP contribution in [0.15, 0.2) is 18.2 Å². The number of fused-ring (bicyclic) bond motifs is 1. The molecule has 1 unspecified atom stereocenters. The second kappa shape index (κ2) is 6.53. The van der Waals surface area contributed by atoms with Gasteiger partial charge in [-0.2, -0.15) is 5.26 Å². The number of hydrogen-bond acceptors (Lipinski definition) is 3. The van der Waals surface area contributed by atoms with Crippen molar-refractivity contribution in [2.45, 2.75) is 26.8 Å². The van der Waals surface area contributed by atoms with Crippen molar-refractivity contribution in [2.24, 2.45) is 5.92 Å². The normalized spacial score (nSPS) is 15.1. The molecule has 20 heavy (non-hydrogen) atoms. The summed E-state index contributed by atoms with van der Waals surface area (Å²) in [6, 6.07) is 8.14. The molecule has 0 saturated carbocycles. The van der Waals surface area contributed by atoms with Crippen molar-refractivity contribution in [3.63, 3.8) is 0 Å². The van der Waals surface area contributed by atoms with Gasteiger partial charge in [0.05, 0.1) is 12.0 Å². The smallest absolute Gasteiger partial charge is 0.253 e. The van der Waals surface area contributed by atoms with Crippen LogP contribution in [0.5, 0.6) is 0 Å². The van der Waals surface area contributed by atoms with Crippen LogP contribution in [0, 0.1) is 17.2 Å². The van der Waals surface area contributed by atoms with Gasteiger partial charge in [0.15, 0.2) is 0 Å². The molecule has 1 amide bonds. The number of carbonyl (C=O) groups is 1. The number of hydrogen-bond donors (Lipinski definition) is 1. The lowest BCUT2D eigenvalue weighted by atomic mass is 9.98. The number of benzene rings is 1. The molecule has 2 rings (SSSR count). The number of rotatable bonds is 4. The molecule has 0 aromatic heterocycles. The summed E-state index contributed by atoms with van der Waals surface area (Å²) in [6.45, 7) is 6.73. The lowest BCUT2D eigenvalue weighted by Gasteiger charge is -2.23. The molecule has 106 valence electrons. The van der Waals surface area contributed by atoms with Crippen LogP contribution in [0.2, 0.25) is 0 Å². The average molecular weight is 271 g/mol. The molecule has 1 aliphatic heterocycles. The molecule has 0 fully saturated rings. The molecule has 4 heteroatoms. The van der Waals surface area contributed by atoms with E-state index >= 15 is 0 Å². The summed E-state index contributed by atoms with van der Waals surface area (Å²) in [5, 5.41) is 12.2. The predicted octanol–water partition coefficient (Wildman–Crippen LogP) is 1.95. The van der Waals surface area contributed by atoms with E-state index in [2.05, 4.69) is 17.5 Å². The molecule has 1 N–H and O–H groups in total. The molecule has 0 bridgehead atoms. The van der Waals surface area contributed by atoms with E-state index in [4.69, 9.17) is 5.26 Å². The third kappa shape index (κ3) is 3.17. The molecule has 0 radical (unpaired) electrons. The van der Waals surface area contributed by atoms with Crippen molar-refractivity contribution < 1.29 is 4.79 Å². The highest BCUT2D eigenvalue weighted by Crippen LogP contribution is 2.17. The SMILES string of the molecule is CCN(CC(C)C#N)C(=O)c1ccc2c(c1)CNCC2. The van der Waals surface area contributed by atoms with Crippen LogP contribution < -0.4 is 5.32 Å². The van der Waals surface area contributed by atoms with E-state index < -0.39 is 0 Å². The van der Waals surface area contributed by atoms with Gasteiger partial charge in [-0.1, -0.05) is 6.07 Å².